The van der Waals surface area contributed by atoms with Gasteiger partial charge in [-0.1, -0.05) is 75.7 Å². The molecule has 0 unspecified atom stereocenters. The molecule has 0 aromatic heterocycles. The Labute approximate surface area is 297 Å². The minimum atomic E-state index is -2.58. The Morgan fingerprint density at radius 1 is 0.880 bits per heavy atom. The first-order chi connectivity index (χ1) is 24.0. The normalized spacial score (nSPS) is 13.3. The summed E-state index contributed by atoms with van der Waals surface area (Å²) in [6.45, 7) is 4.09. The molecule has 1 amide bonds. The number of methoxy groups -OCH3 is 2. The van der Waals surface area contributed by atoms with Crippen LogP contribution in [-0.4, -0.2) is 72.3 Å². The van der Waals surface area contributed by atoms with E-state index >= 15 is 0 Å². The van der Waals surface area contributed by atoms with Gasteiger partial charge in [-0.05, 0) is 63.1 Å². The van der Waals surface area contributed by atoms with Crippen LogP contribution in [0.5, 0.6) is 5.75 Å². The van der Waals surface area contributed by atoms with Gasteiger partial charge in [0.1, 0.15) is 24.2 Å². The highest BCUT2D eigenvalue weighted by atomic mass is 16.5. The average molecular weight is 700 g/mol. The number of Topliss-reactive ketones (excluding diaryl/α,β-unsaturated/α-hetero) is 1. The second-order valence-corrected chi connectivity index (χ2v) is 12.4. The van der Waals surface area contributed by atoms with Crippen LogP contribution in [0.3, 0.4) is 0 Å². The van der Waals surface area contributed by atoms with E-state index in [9.17, 15) is 34.2 Å². The molecule has 0 radical (unpaired) electrons. The molecule has 1 aromatic carbocycles. The second-order valence-electron chi connectivity index (χ2n) is 12.4. The molecule has 50 heavy (non-hydrogen) atoms. The van der Waals surface area contributed by atoms with E-state index in [1.807, 2.05) is 0 Å². The summed E-state index contributed by atoms with van der Waals surface area (Å²) in [6, 6.07) is 5.66. The third-order valence-corrected chi connectivity index (χ3v) is 8.45. The molecule has 1 aromatic rings. The smallest absolute Gasteiger partial charge is 0.336 e. The van der Waals surface area contributed by atoms with Gasteiger partial charge < -0.3 is 29.7 Å². The fourth-order valence-corrected chi connectivity index (χ4v) is 5.43. The number of ketones is 1. The van der Waals surface area contributed by atoms with Crippen molar-refractivity contribution in [2.45, 2.75) is 128 Å². The largest absolute Gasteiger partial charge is 0.481 e. The summed E-state index contributed by atoms with van der Waals surface area (Å²) in [5.74, 6) is 0.964. The number of nitrogens with one attached hydrogen (secondary N) is 1. The maximum Gasteiger partial charge on any atom is 0.336 e. The van der Waals surface area contributed by atoms with Crippen molar-refractivity contribution >= 4 is 29.6 Å². The van der Waals surface area contributed by atoms with Crippen LogP contribution in [0.1, 0.15) is 116 Å². The zero-order valence-electron chi connectivity index (χ0n) is 30.3. The fraction of sp³-hybridized carbons (Fsp3) is 0.615. The number of amides is 1. The second kappa shape index (κ2) is 25.8. The lowest BCUT2D eigenvalue weighted by Gasteiger charge is -2.31. The number of carbonyl (C=O) groups excluding carboxylic acids is 4. The molecule has 0 heterocycles. The van der Waals surface area contributed by atoms with Crippen LogP contribution in [0, 0.1) is 17.8 Å². The van der Waals surface area contributed by atoms with E-state index in [1.165, 1.54) is 39.6 Å². The molecule has 0 aliphatic carbocycles. The summed E-state index contributed by atoms with van der Waals surface area (Å²) in [4.78, 5) is 62.8. The molecule has 3 atom stereocenters. The number of rotatable bonds is 27. The van der Waals surface area contributed by atoms with Gasteiger partial charge in [-0.2, -0.15) is 0 Å². The van der Waals surface area contributed by atoms with E-state index in [4.69, 9.17) is 9.47 Å². The summed E-state index contributed by atoms with van der Waals surface area (Å²) in [6.07, 6.45) is 12.9. The zero-order chi connectivity index (χ0) is 37.2. The van der Waals surface area contributed by atoms with Gasteiger partial charge in [-0.3, -0.25) is 14.4 Å². The number of aliphatic carboxylic acids is 1. The summed E-state index contributed by atoms with van der Waals surface area (Å²) in [5, 5.41) is 24.1. The predicted octanol–water partition coefficient (Wildman–Crippen LogP) is 5.89. The highest BCUT2D eigenvalue weighted by molar-refractivity contribution is 5.92. The number of benzene rings is 1. The number of carboxylic acids is 1. The molecule has 0 saturated heterocycles. The monoisotopic (exact) mass is 699 g/mol. The number of unbranched alkanes of at least 4 members (excludes halogenated alkanes) is 8. The molecule has 3 N–H and O–H groups in total. The Morgan fingerprint density at radius 2 is 1.52 bits per heavy atom. The number of allylic oxidation sites excluding steroid dienone is 1. The average Bonchev–Trinajstić information content (AvgIpc) is 3.10. The lowest BCUT2D eigenvalue weighted by molar-refractivity contribution is -0.168. The van der Waals surface area contributed by atoms with Crippen LogP contribution in [-0.2, 0) is 39.9 Å². The van der Waals surface area contributed by atoms with Crippen molar-refractivity contribution in [2.75, 3.05) is 20.8 Å². The number of hydrogen-bond donors (Lipinski definition) is 3. The third kappa shape index (κ3) is 17.5. The van der Waals surface area contributed by atoms with E-state index < -0.39 is 47.8 Å². The first-order valence-electron chi connectivity index (χ1n) is 17.7. The Morgan fingerprint density at radius 3 is 2.10 bits per heavy atom. The van der Waals surface area contributed by atoms with Crippen molar-refractivity contribution in [1.82, 2.24) is 5.32 Å². The summed E-state index contributed by atoms with van der Waals surface area (Å²) >= 11 is 0. The predicted molar refractivity (Wildman–Crippen MR) is 190 cm³/mol. The molecule has 0 bridgehead atoms. The van der Waals surface area contributed by atoms with E-state index in [-0.39, 0.29) is 25.9 Å². The maximum absolute atomic E-state index is 13.7. The number of carboxylic acid groups (broad SMARTS) is 1. The first-order valence-corrected chi connectivity index (χ1v) is 17.7. The molecule has 0 saturated carbocycles. The van der Waals surface area contributed by atoms with Crippen molar-refractivity contribution < 1.29 is 48.4 Å². The molecular weight excluding hydrogens is 642 g/mol. The quantitative estimate of drug-likeness (QED) is 0.0436. The van der Waals surface area contributed by atoms with Gasteiger partial charge in [0.15, 0.2) is 5.60 Å². The summed E-state index contributed by atoms with van der Waals surface area (Å²) < 4.78 is 15.1. The zero-order valence-corrected chi connectivity index (χ0v) is 30.3. The Bertz CT molecular complexity index is 1280. The van der Waals surface area contributed by atoms with Crippen molar-refractivity contribution in [3.05, 3.63) is 42.0 Å². The van der Waals surface area contributed by atoms with Gasteiger partial charge in [0.2, 0.25) is 5.91 Å². The SMILES string of the molecule is CC#CCOc1ccc(C[C@H](NC(=O)[C@@H](C=CCCCCCCC(=O)CCCCCCC)[C@@](O)(CCCC(=O)OC)C(=O)O)C(=O)OC)cc1. The minimum absolute atomic E-state index is 0.0269. The van der Waals surface area contributed by atoms with E-state index in [0.29, 0.717) is 36.4 Å². The molecule has 0 spiro atoms. The molecule has 11 heteroatoms. The van der Waals surface area contributed by atoms with Crippen LogP contribution in [0.15, 0.2) is 36.4 Å². The Hall–Kier alpha value is -4.17. The van der Waals surface area contributed by atoms with Gasteiger partial charge in [-0.15, -0.1) is 5.92 Å². The van der Waals surface area contributed by atoms with Gasteiger partial charge >= 0.3 is 17.9 Å². The lowest BCUT2D eigenvalue weighted by Crippen LogP contribution is -2.54. The van der Waals surface area contributed by atoms with Crippen LogP contribution < -0.4 is 10.1 Å². The van der Waals surface area contributed by atoms with Crippen molar-refractivity contribution in [2.24, 2.45) is 5.92 Å². The van der Waals surface area contributed by atoms with Crippen molar-refractivity contribution in [3.8, 4) is 17.6 Å². The van der Waals surface area contributed by atoms with Crippen molar-refractivity contribution in [3.63, 3.8) is 0 Å². The topological polar surface area (TPSA) is 166 Å². The van der Waals surface area contributed by atoms with Gasteiger partial charge in [0.05, 0.1) is 20.1 Å². The summed E-state index contributed by atoms with van der Waals surface area (Å²) in [7, 11) is 2.38. The van der Waals surface area contributed by atoms with E-state index in [0.717, 1.165) is 38.5 Å². The minimum Gasteiger partial charge on any atom is -0.481 e. The van der Waals surface area contributed by atoms with Gasteiger partial charge in [0, 0.05) is 25.7 Å². The van der Waals surface area contributed by atoms with E-state index in [1.54, 1.807) is 37.3 Å². The number of aliphatic hydroxyl groups is 1. The molecule has 0 aliphatic heterocycles. The Kier molecular flexibility index (Phi) is 22.6. The lowest BCUT2D eigenvalue weighted by atomic mass is 9.81. The van der Waals surface area contributed by atoms with Gasteiger partial charge in [-0.25, -0.2) is 9.59 Å². The first kappa shape index (κ1) is 43.9. The highest BCUT2D eigenvalue weighted by Crippen LogP contribution is 2.28. The van der Waals surface area contributed by atoms with Gasteiger partial charge in [0.25, 0.3) is 0 Å². The molecule has 1 rings (SSSR count). The Balaban J connectivity index is 2.98. The highest BCUT2D eigenvalue weighted by Gasteiger charge is 2.47. The molecule has 278 valence electrons. The maximum atomic E-state index is 13.7. The molecule has 11 nitrogen and oxygen atoms in total. The number of hydrogen-bond acceptors (Lipinski definition) is 9. The van der Waals surface area contributed by atoms with E-state index in [2.05, 4.69) is 28.8 Å². The third-order valence-electron chi connectivity index (χ3n) is 8.45. The van der Waals surface area contributed by atoms with Crippen LogP contribution in [0.4, 0.5) is 0 Å². The standard InChI is InChI=1S/C39H57NO10/c1-5-7-9-12-15-19-31(41)20-16-13-10-11-14-17-21-33(39(47,38(45)46)27-18-22-35(42)48-3)36(43)40-34(37(44)49-4)29-30-23-25-32(26-24-30)50-28-8-6-2/h17,21,23-26,33-34,47H,5,7,9-16,18-20,22,27-29H2,1-4H3,(H,40,43)(H,45,46)/t33-,34+,39+/m1/s1. The van der Waals surface area contributed by atoms with Crippen LogP contribution in [0.2, 0.25) is 0 Å². The molecule has 0 aliphatic rings. The van der Waals surface area contributed by atoms with Crippen molar-refractivity contribution in [1.29, 1.82) is 0 Å². The molecular formula is C39H57NO10. The molecule has 0 fully saturated rings. The fourth-order valence-electron chi connectivity index (χ4n) is 5.43. The van der Waals surface area contributed by atoms with Crippen LogP contribution >= 0.6 is 0 Å². The van der Waals surface area contributed by atoms with Crippen LogP contribution in [0.25, 0.3) is 0 Å². The number of esters is 2. The number of carbonyl (C=O) groups is 5. The summed E-state index contributed by atoms with van der Waals surface area (Å²) in [5.41, 5.74) is -1.91. The number of ether oxygens (including phenoxy) is 3.